The van der Waals surface area contributed by atoms with Crippen molar-refractivity contribution in [2.24, 2.45) is 0 Å². The van der Waals surface area contributed by atoms with Crippen LogP contribution in [0.25, 0.3) is 0 Å². The first-order valence-corrected chi connectivity index (χ1v) is 5.04. The summed E-state index contributed by atoms with van der Waals surface area (Å²) in [6.07, 6.45) is 4.36. The van der Waals surface area contributed by atoms with Crippen molar-refractivity contribution in [3.05, 3.63) is 17.8 Å². The van der Waals surface area contributed by atoms with Crippen LogP contribution >= 0.6 is 0 Å². The zero-order chi connectivity index (χ0) is 9.80. The molecule has 0 aliphatic heterocycles. The van der Waals surface area contributed by atoms with Gasteiger partial charge in [-0.25, -0.2) is 4.98 Å². The number of rotatable bonds is 6. The van der Waals surface area contributed by atoms with Crippen LogP contribution in [0.2, 0.25) is 0 Å². The molecule has 4 nitrogen and oxygen atoms in total. The number of hydrogen-bond acceptors (Lipinski definition) is 4. The van der Waals surface area contributed by atoms with Crippen molar-refractivity contribution in [1.29, 1.82) is 0 Å². The van der Waals surface area contributed by atoms with Gasteiger partial charge in [-0.2, -0.15) is 0 Å². The van der Waals surface area contributed by atoms with Gasteiger partial charge in [0.05, 0.1) is 19.3 Å². The highest BCUT2D eigenvalue weighted by Crippen LogP contribution is 2.40. The molecule has 1 fully saturated rings. The third-order valence-corrected chi connectivity index (χ3v) is 2.31. The minimum atomic E-state index is 0.648. The smallest absolute Gasteiger partial charge is 0.208 e. The topological polar surface area (TPSA) is 47.3 Å². The summed E-state index contributed by atoms with van der Waals surface area (Å²) in [5, 5.41) is 3.19. The van der Waals surface area contributed by atoms with Gasteiger partial charge in [0.1, 0.15) is 5.76 Å². The van der Waals surface area contributed by atoms with Crippen molar-refractivity contribution in [3.63, 3.8) is 0 Å². The molecule has 1 saturated carbocycles. The lowest BCUT2D eigenvalue weighted by Gasteiger charge is -1.99. The minimum Gasteiger partial charge on any atom is -0.444 e. The fourth-order valence-corrected chi connectivity index (χ4v) is 1.33. The van der Waals surface area contributed by atoms with Gasteiger partial charge in [0, 0.05) is 19.6 Å². The van der Waals surface area contributed by atoms with Crippen LogP contribution in [-0.2, 0) is 11.3 Å². The Kier molecular flexibility index (Phi) is 3.16. The van der Waals surface area contributed by atoms with E-state index in [4.69, 9.17) is 9.15 Å². The second-order valence-corrected chi connectivity index (χ2v) is 3.60. The van der Waals surface area contributed by atoms with Gasteiger partial charge in [-0.05, 0) is 12.8 Å². The molecule has 2 rings (SSSR count). The summed E-state index contributed by atoms with van der Waals surface area (Å²) >= 11 is 0. The van der Waals surface area contributed by atoms with E-state index in [0.717, 1.165) is 24.8 Å². The van der Waals surface area contributed by atoms with Gasteiger partial charge in [-0.15, -0.1) is 0 Å². The van der Waals surface area contributed by atoms with Gasteiger partial charge in [-0.3, -0.25) is 0 Å². The highest BCUT2D eigenvalue weighted by Gasteiger charge is 2.27. The third kappa shape index (κ3) is 2.56. The van der Waals surface area contributed by atoms with E-state index in [1.54, 1.807) is 7.11 Å². The van der Waals surface area contributed by atoms with Crippen LogP contribution in [0.5, 0.6) is 0 Å². The van der Waals surface area contributed by atoms with E-state index in [0.29, 0.717) is 12.5 Å². The summed E-state index contributed by atoms with van der Waals surface area (Å²) in [5.74, 6) is 2.48. The summed E-state index contributed by atoms with van der Waals surface area (Å²) in [7, 11) is 1.69. The molecule has 0 saturated heterocycles. The number of oxazole rings is 1. The van der Waals surface area contributed by atoms with Crippen LogP contribution in [0.1, 0.15) is 30.4 Å². The molecule has 1 aromatic rings. The lowest BCUT2D eigenvalue weighted by atomic mass is 10.3. The summed E-state index contributed by atoms with van der Waals surface area (Å²) in [6.45, 7) is 2.24. The SMILES string of the molecule is COCCNCc1ncc(C2CC2)o1. The first kappa shape index (κ1) is 9.68. The van der Waals surface area contributed by atoms with Crippen LogP contribution in [-0.4, -0.2) is 25.2 Å². The molecule has 1 aliphatic carbocycles. The molecule has 0 amide bonds. The molecule has 0 bridgehead atoms. The molecule has 0 spiro atoms. The molecule has 0 radical (unpaired) electrons. The van der Waals surface area contributed by atoms with Crippen molar-refractivity contribution >= 4 is 0 Å². The second-order valence-electron chi connectivity index (χ2n) is 3.60. The zero-order valence-corrected chi connectivity index (χ0v) is 8.45. The monoisotopic (exact) mass is 196 g/mol. The predicted octanol–water partition coefficient (Wildman–Crippen LogP) is 1.29. The van der Waals surface area contributed by atoms with E-state index in [9.17, 15) is 0 Å². The standard InChI is InChI=1S/C10H16N2O2/c1-13-5-4-11-7-10-12-6-9(14-10)8-2-3-8/h6,8,11H,2-5,7H2,1H3. The van der Waals surface area contributed by atoms with Crippen LogP contribution in [0.3, 0.4) is 0 Å². The molecule has 78 valence electrons. The zero-order valence-electron chi connectivity index (χ0n) is 8.45. The quantitative estimate of drug-likeness (QED) is 0.696. The molecule has 1 N–H and O–H groups in total. The molecule has 0 unspecified atom stereocenters. The Morgan fingerprint density at radius 3 is 3.21 bits per heavy atom. The maximum atomic E-state index is 5.57. The van der Waals surface area contributed by atoms with E-state index in [1.165, 1.54) is 12.8 Å². The van der Waals surface area contributed by atoms with E-state index in [1.807, 2.05) is 6.20 Å². The van der Waals surface area contributed by atoms with Crippen molar-refractivity contribution in [2.45, 2.75) is 25.3 Å². The van der Waals surface area contributed by atoms with E-state index < -0.39 is 0 Å². The summed E-state index contributed by atoms with van der Waals surface area (Å²) in [5.41, 5.74) is 0. The number of methoxy groups -OCH3 is 1. The Hall–Kier alpha value is -0.870. The Morgan fingerprint density at radius 2 is 2.50 bits per heavy atom. The van der Waals surface area contributed by atoms with Crippen molar-refractivity contribution in [3.8, 4) is 0 Å². The number of aromatic nitrogens is 1. The molecule has 14 heavy (non-hydrogen) atoms. The Labute approximate surface area is 83.7 Å². The summed E-state index contributed by atoms with van der Waals surface area (Å²) in [6, 6.07) is 0. The minimum absolute atomic E-state index is 0.648. The summed E-state index contributed by atoms with van der Waals surface area (Å²) in [4.78, 5) is 4.21. The van der Waals surface area contributed by atoms with E-state index in [2.05, 4.69) is 10.3 Å². The predicted molar refractivity (Wildman–Crippen MR) is 52.1 cm³/mol. The molecule has 1 heterocycles. The van der Waals surface area contributed by atoms with Crippen LogP contribution in [0, 0.1) is 0 Å². The second kappa shape index (κ2) is 4.57. The van der Waals surface area contributed by atoms with Crippen LogP contribution in [0.15, 0.2) is 10.6 Å². The number of nitrogens with one attached hydrogen (secondary N) is 1. The highest BCUT2D eigenvalue weighted by molar-refractivity contribution is 5.08. The van der Waals surface area contributed by atoms with Gasteiger partial charge in [-0.1, -0.05) is 0 Å². The van der Waals surface area contributed by atoms with Gasteiger partial charge in [0.2, 0.25) is 5.89 Å². The van der Waals surface area contributed by atoms with Crippen molar-refractivity contribution in [2.75, 3.05) is 20.3 Å². The lowest BCUT2D eigenvalue weighted by molar-refractivity contribution is 0.198. The third-order valence-electron chi connectivity index (χ3n) is 2.31. The summed E-state index contributed by atoms with van der Waals surface area (Å²) < 4.78 is 10.5. The van der Waals surface area contributed by atoms with Crippen LogP contribution < -0.4 is 5.32 Å². The molecule has 0 atom stereocenters. The maximum Gasteiger partial charge on any atom is 0.208 e. The molecule has 4 heteroatoms. The fourth-order valence-electron chi connectivity index (χ4n) is 1.33. The average Bonchev–Trinajstić information content (AvgIpc) is 2.94. The number of hydrogen-bond donors (Lipinski definition) is 1. The van der Waals surface area contributed by atoms with Crippen LogP contribution in [0.4, 0.5) is 0 Å². The van der Waals surface area contributed by atoms with Gasteiger partial charge < -0.3 is 14.5 Å². The van der Waals surface area contributed by atoms with E-state index in [-0.39, 0.29) is 0 Å². The Balaban J connectivity index is 1.72. The molecule has 1 aliphatic rings. The number of nitrogens with zero attached hydrogens (tertiary/aromatic N) is 1. The largest absolute Gasteiger partial charge is 0.444 e. The molecular weight excluding hydrogens is 180 g/mol. The maximum absolute atomic E-state index is 5.57. The first-order valence-electron chi connectivity index (χ1n) is 5.04. The van der Waals surface area contributed by atoms with Gasteiger partial charge in [0.15, 0.2) is 0 Å². The average molecular weight is 196 g/mol. The van der Waals surface area contributed by atoms with Gasteiger partial charge in [0.25, 0.3) is 0 Å². The van der Waals surface area contributed by atoms with Crippen molar-refractivity contribution < 1.29 is 9.15 Å². The Bertz CT molecular complexity index is 281. The molecule has 1 aromatic heterocycles. The normalized spacial score (nSPS) is 16.1. The molecular formula is C10H16N2O2. The molecule has 0 aromatic carbocycles. The highest BCUT2D eigenvalue weighted by atomic mass is 16.5. The van der Waals surface area contributed by atoms with E-state index >= 15 is 0 Å². The van der Waals surface area contributed by atoms with Crippen molar-refractivity contribution in [1.82, 2.24) is 10.3 Å². The Morgan fingerprint density at radius 1 is 1.64 bits per heavy atom. The lowest BCUT2D eigenvalue weighted by Crippen LogP contribution is -2.18. The van der Waals surface area contributed by atoms with Gasteiger partial charge >= 0.3 is 0 Å². The first-order chi connectivity index (χ1) is 6.90. The number of ether oxygens (including phenoxy) is 1. The fraction of sp³-hybridized carbons (Fsp3) is 0.700.